The van der Waals surface area contributed by atoms with Gasteiger partial charge < -0.3 is 15.0 Å². The Hall–Kier alpha value is -2.53. The molecular formula is C26H41F3N6O2. The van der Waals surface area contributed by atoms with Crippen LogP contribution in [0, 0.1) is 5.92 Å². The number of alkyl halides is 3. The van der Waals surface area contributed by atoms with Crippen molar-refractivity contribution in [3.8, 4) is 11.4 Å². The number of rotatable bonds is 6. The van der Waals surface area contributed by atoms with Gasteiger partial charge in [-0.2, -0.15) is 18.4 Å². The molecule has 1 amide bonds. The maximum absolute atomic E-state index is 13.3. The second kappa shape index (κ2) is 15.0. The largest absolute Gasteiger partial charge is 0.416 e. The molecule has 1 aliphatic heterocycles. The lowest BCUT2D eigenvalue weighted by Gasteiger charge is -2.35. The normalized spacial score (nSPS) is 20.0. The molecule has 11 heteroatoms. The van der Waals surface area contributed by atoms with Gasteiger partial charge in [0.05, 0.1) is 5.56 Å². The summed E-state index contributed by atoms with van der Waals surface area (Å²) < 4.78 is 45.5. The highest BCUT2D eigenvalue weighted by molar-refractivity contribution is 5.79. The lowest BCUT2D eigenvalue weighted by molar-refractivity contribution is -0.137. The minimum absolute atomic E-state index is 0.00454. The van der Waals surface area contributed by atoms with Crippen LogP contribution in [0.1, 0.15) is 77.3 Å². The van der Waals surface area contributed by atoms with Crippen LogP contribution < -0.4 is 5.32 Å². The molecule has 8 nitrogen and oxygen atoms in total. The number of hydrogen-bond acceptors (Lipinski definition) is 6. The number of ether oxygens (including phenoxy) is 1. The Bertz CT molecular complexity index is 933. The van der Waals surface area contributed by atoms with Gasteiger partial charge in [-0.25, -0.2) is 0 Å². The van der Waals surface area contributed by atoms with Crippen molar-refractivity contribution in [1.82, 2.24) is 30.8 Å². The zero-order valence-corrected chi connectivity index (χ0v) is 22.6. The van der Waals surface area contributed by atoms with E-state index in [0.717, 1.165) is 57.5 Å². The first kappa shape index (κ1) is 30.7. The topological polar surface area (TPSA) is 96.0 Å². The molecule has 1 saturated heterocycles. The van der Waals surface area contributed by atoms with Crippen LogP contribution in [0.3, 0.4) is 0 Å². The van der Waals surface area contributed by atoms with E-state index >= 15 is 0 Å². The Balaban J connectivity index is 0.000000898. The zero-order chi connectivity index (χ0) is 27.4. The summed E-state index contributed by atoms with van der Waals surface area (Å²) in [6.45, 7) is 9.80. The molecule has 0 unspecified atom stereocenters. The van der Waals surface area contributed by atoms with Crippen molar-refractivity contribution >= 4 is 5.91 Å². The first-order valence-electron chi connectivity index (χ1n) is 13.2. The zero-order valence-electron chi connectivity index (χ0n) is 22.6. The number of nitrogens with one attached hydrogen (secondary N) is 2. The lowest BCUT2D eigenvalue weighted by atomic mass is 10.0. The number of hydrogen-bond donors (Lipinski definition) is 2. The molecule has 2 heterocycles. The molecule has 2 fully saturated rings. The second-order valence-electron chi connectivity index (χ2n) is 9.25. The van der Waals surface area contributed by atoms with Gasteiger partial charge in [0.1, 0.15) is 0 Å². The number of H-pyrrole nitrogens is 1. The Morgan fingerprint density at radius 3 is 2.38 bits per heavy atom. The molecule has 37 heavy (non-hydrogen) atoms. The van der Waals surface area contributed by atoms with Gasteiger partial charge in [-0.3, -0.25) is 4.79 Å². The number of tetrazole rings is 1. The van der Waals surface area contributed by atoms with Crippen molar-refractivity contribution in [3.63, 3.8) is 0 Å². The number of benzene rings is 1. The third-order valence-corrected chi connectivity index (χ3v) is 6.51. The molecule has 2 atom stereocenters. The summed E-state index contributed by atoms with van der Waals surface area (Å²) in [4.78, 5) is 15.1. The highest BCUT2D eigenvalue weighted by Crippen LogP contribution is 2.33. The van der Waals surface area contributed by atoms with Crippen LogP contribution in [0.4, 0.5) is 13.2 Å². The third kappa shape index (κ3) is 9.07. The predicted molar refractivity (Wildman–Crippen MR) is 137 cm³/mol. The number of aromatic nitrogens is 4. The van der Waals surface area contributed by atoms with E-state index in [1.165, 1.54) is 12.5 Å². The molecule has 0 radical (unpaired) electrons. The second-order valence-corrected chi connectivity index (χ2v) is 9.25. The standard InChI is InChI=1S/C21H27F3N6O2.C3H8.C2H6/c1-30(17-4-6-32-7-5-17)18-3-2-14(11-18)20(31)25-12-13-8-15(19-26-28-29-27-19)10-16(9-13)21(22,23)24;1-3-2;1-2/h8-10,14,17-18H,2-7,11-12H2,1H3,(H,25,31)(H,26,27,28,29);3H2,1-2H3;1-2H3/t14-,18+;;/m0../s1. The number of carbonyl (C=O) groups is 1. The molecule has 1 saturated carbocycles. The molecule has 208 valence electrons. The van der Waals surface area contributed by atoms with Crippen LogP contribution in [0.2, 0.25) is 0 Å². The van der Waals surface area contributed by atoms with Gasteiger partial charge in [0.25, 0.3) is 0 Å². The first-order valence-corrected chi connectivity index (χ1v) is 13.2. The quantitative estimate of drug-likeness (QED) is 0.536. The van der Waals surface area contributed by atoms with E-state index in [-0.39, 0.29) is 29.8 Å². The minimum Gasteiger partial charge on any atom is -0.381 e. The molecule has 2 N–H and O–H groups in total. The summed E-state index contributed by atoms with van der Waals surface area (Å²) >= 11 is 0. The molecule has 2 aliphatic rings. The summed E-state index contributed by atoms with van der Waals surface area (Å²) in [6.07, 6.45) is 1.21. The summed E-state index contributed by atoms with van der Waals surface area (Å²) in [6, 6.07) is 4.37. The van der Waals surface area contributed by atoms with E-state index in [2.05, 4.69) is 51.7 Å². The van der Waals surface area contributed by atoms with Crippen molar-refractivity contribution in [3.05, 3.63) is 29.3 Å². The Kier molecular flexibility index (Phi) is 12.5. The summed E-state index contributed by atoms with van der Waals surface area (Å²) in [5.74, 6) is -0.186. The van der Waals surface area contributed by atoms with E-state index in [0.29, 0.717) is 17.6 Å². The van der Waals surface area contributed by atoms with Gasteiger partial charge in [0.2, 0.25) is 11.7 Å². The van der Waals surface area contributed by atoms with E-state index in [1.807, 2.05) is 13.8 Å². The highest BCUT2D eigenvalue weighted by Gasteiger charge is 2.35. The molecule has 0 spiro atoms. The van der Waals surface area contributed by atoms with Crippen LogP contribution in [0.5, 0.6) is 0 Å². The van der Waals surface area contributed by atoms with Gasteiger partial charge in [0.15, 0.2) is 0 Å². The Morgan fingerprint density at radius 1 is 1.11 bits per heavy atom. The Morgan fingerprint density at radius 2 is 1.78 bits per heavy atom. The van der Waals surface area contributed by atoms with Crippen molar-refractivity contribution in [2.45, 2.75) is 91.0 Å². The number of halogens is 3. The fourth-order valence-corrected chi connectivity index (χ4v) is 4.66. The average molecular weight is 527 g/mol. The van der Waals surface area contributed by atoms with Crippen molar-refractivity contribution < 1.29 is 22.7 Å². The van der Waals surface area contributed by atoms with Crippen LogP contribution in [-0.4, -0.2) is 63.8 Å². The molecule has 4 rings (SSSR count). The molecule has 1 aliphatic carbocycles. The van der Waals surface area contributed by atoms with E-state index in [9.17, 15) is 18.0 Å². The summed E-state index contributed by atoms with van der Waals surface area (Å²) in [7, 11) is 2.11. The maximum atomic E-state index is 13.3. The fraction of sp³-hybridized carbons (Fsp3) is 0.692. The van der Waals surface area contributed by atoms with Crippen molar-refractivity contribution in [2.75, 3.05) is 20.3 Å². The number of aromatic amines is 1. The van der Waals surface area contributed by atoms with Crippen molar-refractivity contribution in [2.24, 2.45) is 5.92 Å². The van der Waals surface area contributed by atoms with Crippen LogP contribution >= 0.6 is 0 Å². The molecule has 2 aromatic rings. The Labute approximate surface area is 217 Å². The molecule has 1 aromatic heterocycles. The van der Waals surface area contributed by atoms with Gasteiger partial charge in [-0.05, 0) is 68.1 Å². The van der Waals surface area contributed by atoms with Crippen LogP contribution in [0.25, 0.3) is 11.4 Å². The maximum Gasteiger partial charge on any atom is 0.416 e. The lowest BCUT2D eigenvalue weighted by Crippen LogP contribution is -2.42. The highest BCUT2D eigenvalue weighted by atomic mass is 19.4. The smallest absolute Gasteiger partial charge is 0.381 e. The van der Waals surface area contributed by atoms with Gasteiger partial charge in [-0.1, -0.05) is 34.1 Å². The van der Waals surface area contributed by atoms with E-state index in [1.54, 1.807) is 0 Å². The van der Waals surface area contributed by atoms with Crippen molar-refractivity contribution in [1.29, 1.82) is 0 Å². The fourth-order valence-electron chi connectivity index (χ4n) is 4.66. The SMILES string of the molecule is CC.CCC.CN(C1CCOCC1)[C@@H]1CC[C@H](C(=O)NCc2cc(-c3nn[nH]n3)cc(C(F)(F)F)c2)C1. The molecule has 0 bridgehead atoms. The van der Waals surface area contributed by atoms with Gasteiger partial charge >= 0.3 is 6.18 Å². The minimum atomic E-state index is -4.52. The van der Waals surface area contributed by atoms with Crippen LogP contribution in [0.15, 0.2) is 18.2 Å². The predicted octanol–water partition coefficient (Wildman–Crippen LogP) is 5.22. The van der Waals surface area contributed by atoms with Gasteiger partial charge in [-0.15, -0.1) is 10.2 Å². The monoisotopic (exact) mass is 526 g/mol. The average Bonchev–Trinajstić information content (AvgIpc) is 3.61. The molecular weight excluding hydrogens is 485 g/mol. The summed E-state index contributed by atoms with van der Waals surface area (Å²) in [5.41, 5.74) is -0.290. The number of amides is 1. The van der Waals surface area contributed by atoms with E-state index in [4.69, 9.17) is 4.74 Å². The number of nitrogens with zero attached hydrogens (tertiary/aromatic N) is 4. The molecule has 1 aromatic carbocycles. The number of carbonyl (C=O) groups excluding carboxylic acids is 1. The van der Waals surface area contributed by atoms with Gasteiger partial charge in [0, 0.05) is 43.3 Å². The van der Waals surface area contributed by atoms with Crippen LogP contribution in [-0.2, 0) is 22.3 Å². The summed E-state index contributed by atoms with van der Waals surface area (Å²) in [5, 5.41) is 16.0. The third-order valence-electron chi connectivity index (χ3n) is 6.51. The van der Waals surface area contributed by atoms with E-state index < -0.39 is 11.7 Å². The first-order chi connectivity index (χ1) is 17.7.